The lowest BCUT2D eigenvalue weighted by Crippen LogP contribution is -2.42. The maximum Gasteiger partial charge on any atom is 0.319 e. The normalized spacial score (nSPS) is 15.5. The van der Waals surface area contributed by atoms with Crippen LogP contribution in [0.25, 0.3) is 0 Å². The number of anilines is 1. The Labute approximate surface area is 103 Å². The summed E-state index contributed by atoms with van der Waals surface area (Å²) < 4.78 is 0. The van der Waals surface area contributed by atoms with E-state index in [0.29, 0.717) is 12.0 Å². The summed E-state index contributed by atoms with van der Waals surface area (Å²) in [5.74, 6) is 0.412. The van der Waals surface area contributed by atoms with Crippen molar-refractivity contribution < 1.29 is 4.79 Å². The Morgan fingerprint density at radius 1 is 1.29 bits per heavy atom. The number of nitrogens with one attached hydrogen (secondary N) is 2. The summed E-state index contributed by atoms with van der Waals surface area (Å²) in [4.78, 5) is 11.8. The predicted molar refractivity (Wildman–Crippen MR) is 70.3 cm³/mol. The molecule has 1 fully saturated rings. The fourth-order valence-corrected chi connectivity index (χ4v) is 2.01. The first kappa shape index (κ1) is 12.0. The van der Waals surface area contributed by atoms with Gasteiger partial charge in [-0.25, -0.2) is 4.79 Å². The van der Waals surface area contributed by atoms with Crippen LogP contribution in [0.2, 0.25) is 0 Å². The van der Waals surface area contributed by atoms with Crippen LogP contribution in [0.4, 0.5) is 10.5 Å². The number of urea groups is 1. The van der Waals surface area contributed by atoms with Gasteiger partial charge in [-0.15, -0.1) is 0 Å². The van der Waals surface area contributed by atoms with E-state index in [4.69, 9.17) is 0 Å². The quantitative estimate of drug-likeness (QED) is 0.823. The van der Waals surface area contributed by atoms with Crippen molar-refractivity contribution in [3.63, 3.8) is 0 Å². The van der Waals surface area contributed by atoms with Crippen LogP contribution < -0.4 is 10.6 Å². The molecule has 1 saturated carbocycles. The molecule has 92 valence electrons. The van der Waals surface area contributed by atoms with Gasteiger partial charge in [0.1, 0.15) is 0 Å². The van der Waals surface area contributed by atoms with E-state index in [1.54, 1.807) is 0 Å². The number of amides is 2. The highest BCUT2D eigenvalue weighted by Crippen LogP contribution is 2.24. The molecule has 3 nitrogen and oxygen atoms in total. The van der Waals surface area contributed by atoms with E-state index in [-0.39, 0.29) is 6.03 Å². The minimum atomic E-state index is -0.0807. The third-order valence-corrected chi connectivity index (χ3v) is 3.27. The standard InChI is InChI=1S/C14H20N2O/c1-10(2)12-8-3-4-9-13(12)16-14(17)15-11-6-5-7-11/h3-4,8-11H,5-7H2,1-2H3,(H2,15,16,17). The van der Waals surface area contributed by atoms with Crippen molar-refractivity contribution in [1.82, 2.24) is 5.32 Å². The van der Waals surface area contributed by atoms with Crippen molar-refractivity contribution >= 4 is 11.7 Å². The molecule has 0 spiro atoms. The average Bonchev–Trinajstić information content (AvgIpc) is 2.24. The van der Waals surface area contributed by atoms with Crippen molar-refractivity contribution in [3.05, 3.63) is 29.8 Å². The molecule has 0 atom stereocenters. The number of hydrogen-bond acceptors (Lipinski definition) is 1. The molecular formula is C14H20N2O. The summed E-state index contributed by atoms with van der Waals surface area (Å²) in [7, 11) is 0. The lowest BCUT2D eigenvalue weighted by molar-refractivity contribution is 0.240. The maximum atomic E-state index is 11.8. The van der Waals surface area contributed by atoms with Crippen LogP contribution in [0.15, 0.2) is 24.3 Å². The van der Waals surface area contributed by atoms with Gasteiger partial charge in [0, 0.05) is 11.7 Å². The maximum absolute atomic E-state index is 11.8. The van der Waals surface area contributed by atoms with Gasteiger partial charge in [0.15, 0.2) is 0 Å². The molecule has 1 aliphatic carbocycles. The Balaban J connectivity index is 1.99. The van der Waals surface area contributed by atoms with Crippen LogP contribution in [0.3, 0.4) is 0 Å². The summed E-state index contributed by atoms with van der Waals surface area (Å²) in [5.41, 5.74) is 2.09. The van der Waals surface area contributed by atoms with Gasteiger partial charge in [-0.05, 0) is 36.8 Å². The van der Waals surface area contributed by atoms with Crippen molar-refractivity contribution in [2.75, 3.05) is 5.32 Å². The van der Waals surface area contributed by atoms with E-state index in [1.165, 1.54) is 12.0 Å². The summed E-state index contributed by atoms with van der Waals surface area (Å²) in [6.45, 7) is 4.26. The van der Waals surface area contributed by atoms with Crippen LogP contribution in [0, 0.1) is 0 Å². The zero-order chi connectivity index (χ0) is 12.3. The molecular weight excluding hydrogens is 212 g/mol. The first-order chi connectivity index (χ1) is 8.16. The molecule has 0 bridgehead atoms. The molecule has 0 saturated heterocycles. The smallest absolute Gasteiger partial charge is 0.319 e. The zero-order valence-corrected chi connectivity index (χ0v) is 10.5. The van der Waals surface area contributed by atoms with Gasteiger partial charge in [-0.3, -0.25) is 0 Å². The van der Waals surface area contributed by atoms with Crippen molar-refractivity contribution in [2.45, 2.75) is 45.1 Å². The van der Waals surface area contributed by atoms with Crippen LogP contribution in [-0.2, 0) is 0 Å². The largest absolute Gasteiger partial charge is 0.335 e. The second-order valence-electron chi connectivity index (χ2n) is 4.97. The molecule has 0 aliphatic heterocycles. The fraction of sp³-hybridized carbons (Fsp3) is 0.500. The molecule has 2 rings (SSSR count). The molecule has 0 unspecified atom stereocenters. The lowest BCUT2D eigenvalue weighted by atomic mass is 9.93. The monoisotopic (exact) mass is 232 g/mol. The van der Waals surface area contributed by atoms with Crippen LogP contribution in [0.1, 0.15) is 44.6 Å². The number of para-hydroxylation sites is 1. The van der Waals surface area contributed by atoms with Crippen LogP contribution in [-0.4, -0.2) is 12.1 Å². The zero-order valence-electron chi connectivity index (χ0n) is 10.5. The summed E-state index contributed by atoms with van der Waals surface area (Å²) in [6.07, 6.45) is 3.45. The highest BCUT2D eigenvalue weighted by molar-refractivity contribution is 5.90. The number of rotatable bonds is 3. The molecule has 0 aromatic heterocycles. The van der Waals surface area contributed by atoms with Gasteiger partial charge < -0.3 is 10.6 Å². The Kier molecular flexibility index (Phi) is 3.67. The van der Waals surface area contributed by atoms with E-state index in [1.807, 2.05) is 18.2 Å². The number of carbonyl (C=O) groups excluding carboxylic acids is 1. The van der Waals surface area contributed by atoms with E-state index >= 15 is 0 Å². The number of carbonyl (C=O) groups is 1. The van der Waals surface area contributed by atoms with Crippen molar-refractivity contribution in [2.24, 2.45) is 0 Å². The topological polar surface area (TPSA) is 41.1 Å². The fourth-order valence-electron chi connectivity index (χ4n) is 2.01. The third kappa shape index (κ3) is 2.99. The van der Waals surface area contributed by atoms with E-state index in [9.17, 15) is 4.79 Å². The van der Waals surface area contributed by atoms with Gasteiger partial charge >= 0.3 is 6.03 Å². The Morgan fingerprint density at radius 3 is 2.59 bits per heavy atom. The molecule has 3 heteroatoms. The van der Waals surface area contributed by atoms with Gasteiger partial charge in [-0.2, -0.15) is 0 Å². The molecule has 0 radical (unpaired) electrons. The molecule has 0 heterocycles. The first-order valence-electron chi connectivity index (χ1n) is 6.33. The second-order valence-corrected chi connectivity index (χ2v) is 4.97. The predicted octanol–water partition coefficient (Wildman–Crippen LogP) is 3.48. The molecule has 2 amide bonds. The lowest BCUT2D eigenvalue weighted by Gasteiger charge is -2.26. The Bertz CT molecular complexity index is 397. The highest BCUT2D eigenvalue weighted by atomic mass is 16.2. The molecule has 1 aromatic rings. The Hall–Kier alpha value is -1.51. The molecule has 1 aliphatic rings. The number of benzene rings is 1. The third-order valence-electron chi connectivity index (χ3n) is 3.27. The van der Waals surface area contributed by atoms with Gasteiger partial charge in [0.2, 0.25) is 0 Å². The van der Waals surface area contributed by atoms with Crippen molar-refractivity contribution in [1.29, 1.82) is 0 Å². The van der Waals surface area contributed by atoms with Gasteiger partial charge in [0.05, 0.1) is 0 Å². The summed E-state index contributed by atoms with van der Waals surface area (Å²) in [5, 5.41) is 5.92. The van der Waals surface area contributed by atoms with Gasteiger partial charge in [-0.1, -0.05) is 32.0 Å². The molecule has 17 heavy (non-hydrogen) atoms. The second kappa shape index (κ2) is 5.21. The minimum absolute atomic E-state index is 0.0807. The highest BCUT2D eigenvalue weighted by Gasteiger charge is 2.19. The molecule has 1 aromatic carbocycles. The number of hydrogen-bond donors (Lipinski definition) is 2. The van der Waals surface area contributed by atoms with Gasteiger partial charge in [0.25, 0.3) is 0 Å². The average molecular weight is 232 g/mol. The van der Waals surface area contributed by atoms with Crippen molar-refractivity contribution in [3.8, 4) is 0 Å². The van der Waals surface area contributed by atoms with Crippen LogP contribution >= 0.6 is 0 Å². The van der Waals surface area contributed by atoms with Crippen LogP contribution in [0.5, 0.6) is 0 Å². The van der Waals surface area contributed by atoms with E-state index in [2.05, 4.69) is 30.5 Å². The van der Waals surface area contributed by atoms with E-state index in [0.717, 1.165) is 18.5 Å². The Morgan fingerprint density at radius 2 is 2.00 bits per heavy atom. The summed E-state index contributed by atoms with van der Waals surface area (Å²) >= 11 is 0. The first-order valence-corrected chi connectivity index (χ1v) is 6.33. The summed E-state index contributed by atoms with van der Waals surface area (Å²) in [6, 6.07) is 8.26. The van der Waals surface area contributed by atoms with E-state index < -0.39 is 0 Å². The molecule has 2 N–H and O–H groups in total. The SMILES string of the molecule is CC(C)c1ccccc1NC(=O)NC1CCC1. The minimum Gasteiger partial charge on any atom is -0.335 e.